The van der Waals surface area contributed by atoms with Crippen molar-refractivity contribution in [1.29, 1.82) is 0 Å². The van der Waals surface area contributed by atoms with Crippen molar-refractivity contribution in [3.63, 3.8) is 0 Å². The highest BCUT2D eigenvalue weighted by Crippen LogP contribution is 2.39. The van der Waals surface area contributed by atoms with E-state index in [0.29, 0.717) is 22.0 Å². The summed E-state index contributed by atoms with van der Waals surface area (Å²) in [6, 6.07) is 11.0. The van der Waals surface area contributed by atoms with Crippen LogP contribution in [0.4, 0.5) is 11.4 Å². The Balaban J connectivity index is 0.000000380. The van der Waals surface area contributed by atoms with Gasteiger partial charge in [-0.2, -0.15) is 0 Å². The van der Waals surface area contributed by atoms with Gasteiger partial charge in [0.25, 0.3) is 0 Å². The fourth-order valence-electron chi connectivity index (χ4n) is 4.24. The molecule has 262 valence electrons. The number of anilines is 2. The Labute approximate surface area is 296 Å². The number of hydrogen-bond acceptors (Lipinski definition) is 10. The van der Waals surface area contributed by atoms with Crippen molar-refractivity contribution in [1.82, 2.24) is 19.9 Å². The molecule has 3 heterocycles. The molecule has 0 unspecified atom stereocenters. The second-order valence-electron chi connectivity index (χ2n) is 12.9. The highest BCUT2D eigenvalue weighted by molar-refractivity contribution is 9.10. The summed E-state index contributed by atoms with van der Waals surface area (Å²) in [4.78, 5) is 16.4. The van der Waals surface area contributed by atoms with Crippen LogP contribution in [-0.4, -0.2) is 64.9 Å². The first kappa shape index (κ1) is 43.1. The van der Waals surface area contributed by atoms with Crippen LogP contribution < -0.4 is 27.5 Å². The summed E-state index contributed by atoms with van der Waals surface area (Å²) in [6.07, 6.45) is 6.81. The molecule has 10 nitrogen and oxygen atoms in total. The largest absolute Gasteiger partial charge is 0.494 e. The van der Waals surface area contributed by atoms with E-state index >= 15 is 0 Å². The predicted octanol–water partition coefficient (Wildman–Crippen LogP) is 6.92. The molecule has 0 atom stereocenters. The molecule has 0 spiro atoms. The lowest BCUT2D eigenvalue weighted by molar-refractivity contribution is 0.00578. The van der Waals surface area contributed by atoms with Gasteiger partial charge in [-0.25, -0.2) is 4.98 Å². The van der Waals surface area contributed by atoms with Crippen LogP contribution in [0.5, 0.6) is 0 Å². The average Bonchev–Trinajstić information content (AvgIpc) is 3.17. The number of hydrogen-bond donors (Lipinski definition) is 2. The lowest BCUT2D eigenvalue weighted by Crippen LogP contribution is -2.41. The van der Waals surface area contributed by atoms with Gasteiger partial charge in [-0.1, -0.05) is 27.0 Å². The number of nitrogen functional groups attached to an aromatic ring is 2. The fraction of sp³-hybridized carbons (Fsp3) is 0.412. The first-order chi connectivity index (χ1) is 21.1. The van der Waals surface area contributed by atoms with Gasteiger partial charge in [-0.15, -0.1) is 0 Å². The minimum absolute atomic E-state index is 0. The zero-order chi connectivity index (χ0) is 34.7. The maximum Gasteiger partial charge on any atom is 0.494 e. The molecule has 0 saturated carbocycles. The summed E-state index contributed by atoms with van der Waals surface area (Å²) in [5.74, 6) is 0. The smallest absolute Gasteiger partial charge is 0.399 e. The Morgan fingerprint density at radius 3 is 1.56 bits per heavy atom. The van der Waals surface area contributed by atoms with Gasteiger partial charge >= 0.3 is 7.12 Å². The third kappa shape index (κ3) is 11.3. The maximum absolute atomic E-state index is 12.3. The summed E-state index contributed by atoms with van der Waals surface area (Å²) in [6.45, 7) is 18.7. The Kier molecular flexibility index (Phi) is 15.0. The predicted molar refractivity (Wildman–Crippen MR) is 209 cm³/mol. The molecule has 5 rings (SSSR count). The van der Waals surface area contributed by atoms with Gasteiger partial charge in [0, 0.05) is 39.9 Å². The number of nitrogens with two attached hydrogens (primary N) is 2. The van der Waals surface area contributed by atoms with Gasteiger partial charge in [0.2, 0.25) is 0 Å². The van der Waals surface area contributed by atoms with Crippen molar-refractivity contribution < 1.29 is 18.4 Å². The molecule has 2 aromatic carbocycles. The van der Waals surface area contributed by atoms with Gasteiger partial charge in [-0.3, -0.25) is 15.0 Å². The zero-order valence-electron chi connectivity index (χ0n) is 28.2. The van der Waals surface area contributed by atoms with Crippen molar-refractivity contribution in [3.05, 3.63) is 77.2 Å². The molecule has 4 aromatic rings. The van der Waals surface area contributed by atoms with Gasteiger partial charge in [0.05, 0.1) is 40.7 Å². The molecule has 4 N–H and O–H groups in total. The van der Waals surface area contributed by atoms with Gasteiger partial charge in [0.15, 0.2) is 0 Å². The molecule has 0 bridgehead atoms. The highest BCUT2D eigenvalue weighted by Gasteiger charge is 2.51. The Hall–Kier alpha value is -2.88. The van der Waals surface area contributed by atoms with Gasteiger partial charge in [0.1, 0.15) is 18.9 Å². The zero-order valence-corrected chi connectivity index (χ0v) is 31.6. The molecule has 0 aliphatic carbocycles. The van der Waals surface area contributed by atoms with E-state index in [-0.39, 0.29) is 26.1 Å². The lowest BCUT2D eigenvalue weighted by atomic mass is 9.79. The third-order valence-electron chi connectivity index (χ3n) is 7.60. The van der Waals surface area contributed by atoms with E-state index < -0.39 is 21.4 Å². The molecular weight excluding hydrogens is 709 g/mol. The summed E-state index contributed by atoms with van der Waals surface area (Å²) in [7, 11) is -5.26. The Morgan fingerprint density at radius 1 is 0.688 bits per heavy atom. The Morgan fingerprint density at radius 2 is 1.15 bits per heavy atom. The summed E-state index contributed by atoms with van der Waals surface area (Å²) >= 11 is 3.17. The topological polar surface area (TPSA) is 156 Å². The number of benzene rings is 2. The maximum atomic E-state index is 12.3. The number of aromatic nitrogens is 4. The number of halogens is 1. The second kappa shape index (κ2) is 16.7. The molecule has 0 radical (unpaired) electrons. The summed E-state index contributed by atoms with van der Waals surface area (Å²) in [5.41, 5.74) is 16.4. The number of aryl methyl sites for hydroxylation is 2. The SMILES string of the molecule is C.C.CC1(C)OB(c2ccc(N)c(P(C)(C)=O)c2)OC1(C)C.Cc1cnc(-c2ccc(N)c(P(C)(C)=O)c2)cn1.Cc1cnc(Br)cn1. The highest BCUT2D eigenvalue weighted by atomic mass is 79.9. The van der Waals surface area contributed by atoms with E-state index in [4.69, 9.17) is 20.8 Å². The van der Waals surface area contributed by atoms with Crippen molar-refractivity contribution >= 4 is 64.8 Å². The molecule has 1 aliphatic rings. The molecule has 1 saturated heterocycles. The van der Waals surface area contributed by atoms with Crippen LogP contribution >= 0.6 is 30.2 Å². The Bertz CT molecular complexity index is 1720. The molecular formula is C34H52BBrN6O4P2. The van der Waals surface area contributed by atoms with Crippen molar-refractivity contribution in [2.75, 3.05) is 38.1 Å². The third-order valence-corrected chi connectivity index (χ3v) is 11.1. The normalized spacial score (nSPS) is 14.7. The lowest BCUT2D eigenvalue weighted by Gasteiger charge is -2.32. The minimum atomic E-state index is -2.42. The fourth-order valence-corrected chi connectivity index (χ4v) is 6.75. The van der Waals surface area contributed by atoms with Crippen molar-refractivity contribution in [2.45, 2.75) is 67.6 Å². The van der Waals surface area contributed by atoms with E-state index in [9.17, 15) is 9.13 Å². The minimum Gasteiger partial charge on any atom is -0.399 e. The molecule has 1 aliphatic heterocycles. The molecule has 2 aromatic heterocycles. The first-order valence-electron chi connectivity index (χ1n) is 14.6. The van der Waals surface area contributed by atoms with Crippen LogP contribution in [0.1, 0.15) is 53.9 Å². The average molecular weight is 761 g/mol. The summed E-state index contributed by atoms with van der Waals surface area (Å²) < 4.78 is 37.2. The van der Waals surface area contributed by atoms with Crippen LogP contribution in [0, 0.1) is 13.8 Å². The molecule has 1 fully saturated rings. The van der Waals surface area contributed by atoms with E-state index in [2.05, 4.69) is 35.9 Å². The second-order valence-corrected chi connectivity index (χ2v) is 20.1. The summed E-state index contributed by atoms with van der Waals surface area (Å²) in [5, 5.41) is 1.38. The monoisotopic (exact) mass is 760 g/mol. The molecule has 48 heavy (non-hydrogen) atoms. The van der Waals surface area contributed by atoms with E-state index in [0.717, 1.165) is 32.7 Å². The number of nitrogens with zero attached hydrogens (tertiary/aromatic N) is 4. The molecule has 14 heteroatoms. The standard InChI is InChI=1S/C14H23BNO3P.C13H16N3OP.C5H5BrN2.2CH4/c1-13(2)14(3,4)19-15(18-13)10-7-8-11(16)12(9-10)20(5,6)17;1-9-7-16-12(8-15-9)10-4-5-11(14)13(6-10)18(2,3)17;1-4-2-8-5(6)3-7-4;;/h7-9H,16H2,1-6H3;4-8H,14H2,1-3H3;2-3H,1H3;2*1H4. The van der Waals surface area contributed by atoms with Crippen LogP contribution in [0.15, 0.2) is 65.8 Å². The quantitative estimate of drug-likeness (QED) is 0.127. The van der Waals surface area contributed by atoms with Crippen LogP contribution in [0.25, 0.3) is 11.3 Å². The van der Waals surface area contributed by atoms with E-state index in [1.807, 2.05) is 65.8 Å². The van der Waals surface area contributed by atoms with Crippen LogP contribution in [0.3, 0.4) is 0 Å². The van der Waals surface area contributed by atoms with Crippen LogP contribution in [-0.2, 0) is 18.4 Å². The van der Waals surface area contributed by atoms with Crippen molar-refractivity contribution in [3.8, 4) is 11.3 Å². The van der Waals surface area contributed by atoms with Gasteiger partial charge < -0.3 is 29.9 Å². The van der Waals surface area contributed by atoms with Crippen LogP contribution in [0.2, 0.25) is 0 Å². The van der Waals surface area contributed by atoms with Crippen molar-refractivity contribution in [2.24, 2.45) is 0 Å². The van der Waals surface area contributed by atoms with E-state index in [1.165, 1.54) is 0 Å². The van der Waals surface area contributed by atoms with Gasteiger partial charge in [-0.05, 0) is 114 Å². The van der Waals surface area contributed by atoms with E-state index in [1.54, 1.807) is 63.6 Å². The first-order valence-corrected chi connectivity index (χ1v) is 20.6. The number of rotatable bonds is 4. The molecule has 0 amide bonds.